The van der Waals surface area contributed by atoms with E-state index in [1.165, 1.54) is 99.8 Å². The van der Waals surface area contributed by atoms with Gasteiger partial charge >= 0.3 is 0 Å². The number of hydrogen-bond acceptors (Lipinski definition) is 3. The normalized spacial score (nSPS) is 21.8. The lowest BCUT2D eigenvalue weighted by Crippen LogP contribution is -2.43. The summed E-state index contributed by atoms with van der Waals surface area (Å²) in [4.78, 5) is 5.37. The van der Waals surface area contributed by atoms with Gasteiger partial charge in [-0.25, -0.2) is 0 Å². The highest BCUT2D eigenvalue weighted by atomic mass is 16.5. The molecule has 3 heteroatoms. The molecule has 0 aromatic heterocycles. The van der Waals surface area contributed by atoms with Crippen molar-refractivity contribution in [2.75, 3.05) is 26.2 Å². The molecule has 3 nitrogen and oxygen atoms in total. The lowest BCUT2D eigenvalue weighted by Gasteiger charge is -2.36. The highest BCUT2D eigenvalue weighted by molar-refractivity contribution is 5.63. The second-order valence-corrected chi connectivity index (χ2v) is 9.86. The standard InChI is InChI=1S/C28H38N2O/c1-2-6-28(5-1)31-22-24-9-13-26(14-10-24)25-11-7-23(8-12-25)21-29-19-15-27(16-20-29)30-17-3-4-18-30/h7-14,27-28H,1-6,15-22H2. The lowest BCUT2D eigenvalue weighted by molar-refractivity contribution is 0.0457. The summed E-state index contributed by atoms with van der Waals surface area (Å²) in [6.07, 6.45) is 11.1. The molecule has 2 saturated heterocycles. The summed E-state index contributed by atoms with van der Waals surface area (Å²) in [5.74, 6) is 0. The summed E-state index contributed by atoms with van der Waals surface area (Å²) in [5.41, 5.74) is 5.32. The number of piperidine rings is 1. The first-order valence-corrected chi connectivity index (χ1v) is 12.6. The molecule has 0 atom stereocenters. The Hall–Kier alpha value is -1.68. The van der Waals surface area contributed by atoms with Gasteiger partial charge in [0.2, 0.25) is 0 Å². The number of hydrogen-bond donors (Lipinski definition) is 0. The van der Waals surface area contributed by atoms with Gasteiger partial charge in [-0.2, -0.15) is 0 Å². The van der Waals surface area contributed by atoms with E-state index in [0.29, 0.717) is 6.10 Å². The van der Waals surface area contributed by atoms with Crippen molar-refractivity contribution in [3.63, 3.8) is 0 Å². The van der Waals surface area contributed by atoms with Gasteiger partial charge in [-0.3, -0.25) is 4.90 Å². The molecule has 166 valence electrons. The predicted octanol–water partition coefficient (Wildman–Crippen LogP) is 5.87. The molecule has 1 saturated carbocycles. The van der Waals surface area contributed by atoms with E-state index >= 15 is 0 Å². The van der Waals surface area contributed by atoms with Gasteiger partial charge in [0.15, 0.2) is 0 Å². The molecule has 0 bridgehead atoms. The van der Waals surface area contributed by atoms with Crippen LogP contribution >= 0.6 is 0 Å². The van der Waals surface area contributed by atoms with Gasteiger partial charge in [-0.05, 0) is 87.0 Å². The van der Waals surface area contributed by atoms with E-state index in [1.54, 1.807) is 0 Å². The summed E-state index contributed by atoms with van der Waals surface area (Å²) in [5, 5.41) is 0. The van der Waals surface area contributed by atoms with E-state index in [1.807, 2.05) is 0 Å². The van der Waals surface area contributed by atoms with Gasteiger partial charge in [-0.15, -0.1) is 0 Å². The molecule has 2 heterocycles. The number of nitrogens with zero attached hydrogens (tertiary/aromatic N) is 2. The van der Waals surface area contributed by atoms with E-state index in [-0.39, 0.29) is 0 Å². The third kappa shape index (κ3) is 5.58. The molecule has 3 fully saturated rings. The molecular formula is C28H38N2O. The van der Waals surface area contributed by atoms with Crippen LogP contribution in [0.5, 0.6) is 0 Å². The fourth-order valence-corrected chi connectivity index (χ4v) is 5.67. The molecule has 31 heavy (non-hydrogen) atoms. The lowest BCUT2D eigenvalue weighted by atomic mass is 10.0. The van der Waals surface area contributed by atoms with Crippen LogP contribution in [0.2, 0.25) is 0 Å². The van der Waals surface area contributed by atoms with Crippen molar-refractivity contribution >= 4 is 0 Å². The largest absolute Gasteiger partial charge is 0.374 e. The Bertz CT molecular complexity index is 796. The predicted molar refractivity (Wildman–Crippen MR) is 128 cm³/mol. The maximum atomic E-state index is 6.05. The highest BCUT2D eigenvalue weighted by Crippen LogP contribution is 2.25. The first-order valence-electron chi connectivity index (χ1n) is 12.6. The maximum absolute atomic E-state index is 6.05. The van der Waals surface area contributed by atoms with Crippen LogP contribution in [-0.4, -0.2) is 48.1 Å². The van der Waals surface area contributed by atoms with E-state index in [9.17, 15) is 0 Å². The van der Waals surface area contributed by atoms with Crippen LogP contribution in [0.25, 0.3) is 11.1 Å². The van der Waals surface area contributed by atoms with Gasteiger partial charge in [0, 0.05) is 12.6 Å². The fourth-order valence-electron chi connectivity index (χ4n) is 5.67. The van der Waals surface area contributed by atoms with Crippen molar-refractivity contribution in [1.29, 1.82) is 0 Å². The molecule has 0 amide bonds. The molecule has 0 unspecified atom stereocenters. The second kappa shape index (κ2) is 10.3. The molecule has 0 N–H and O–H groups in total. The molecule has 0 spiro atoms. The molecule has 2 aromatic carbocycles. The number of rotatable bonds is 7. The van der Waals surface area contributed by atoms with Crippen molar-refractivity contribution in [3.8, 4) is 11.1 Å². The Morgan fingerprint density at radius 3 is 1.84 bits per heavy atom. The van der Waals surface area contributed by atoms with Gasteiger partial charge in [0.1, 0.15) is 0 Å². The minimum atomic E-state index is 0.484. The quantitative estimate of drug-likeness (QED) is 0.559. The Balaban J connectivity index is 1.10. The molecule has 5 rings (SSSR count). The molecule has 0 radical (unpaired) electrons. The van der Waals surface area contributed by atoms with E-state index in [4.69, 9.17) is 4.74 Å². The van der Waals surface area contributed by atoms with E-state index in [0.717, 1.165) is 19.2 Å². The molecule has 2 aliphatic heterocycles. The summed E-state index contributed by atoms with van der Waals surface area (Å²) in [7, 11) is 0. The minimum Gasteiger partial charge on any atom is -0.374 e. The first-order chi connectivity index (χ1) is 15.3. The Labute approximate surface area is 188 Å². The average molecular weight is 419 g/mol. The molecule has 2 aromatic rings. The van der Waals surface area contributed by atoms with Crippen molar-refractivity contribution in [2.45, 2.75) is 76.7 Å². The smallest absolute Gasteiger partial charge is 0.0720 e. The van der Waals surface area contributed by atoms with Crippen molar-refractivity contribution in [2.24, 2.45) is 0 Å². The summed E-state index contributed by atoms with van der Waals surface area (Å²) in [6, 6.07) is 19.0. The fraction of sp³-hybridized carbons (Fsp3) is 0.571. The van der Waals surface area contributed by atoms with Crippen LogP contribution in [0, 0.1) is 0 Å². The Morgan fingerprint density at radius 2 is 1.23 bits per heavy atom. The van der Waals surface area contributed by atoms with Crippen LogP contribution in [-0.2, 0) is 17.9 Å². The van der Waals surface area contributed by atoms with Crippen LogP contribution < -0.4 is 0 Å². The summed E-state index contributed by atoms with van der Waals surface area (Å²) >= 11 is 0. The zero-order valence-electron chi connectivity index (χ0n) is 19.0. The number of likely N-dealkylation sites (tertiary alicyclic amines) is 2. The zero-order valence-corrected chi connectivity index (χ0v) is 19.0. The van der Waals surface area contributed by atoms with Crippen molar-refractivity contribution in [3.05, 3.63) is 59.7 Å². The molecule has 1 aliphatic carbocycles. The third-order valence-electron chi connectivity index (χ3n) is 7.65. The first kappa shape index (κ1) is 21.2. The van der Waals surface area contributed by atoms with E-state index < -0.39 is 0 Å². The van der Waals surface area contributed by atoms with Crippen LogP contribution in [0.4, 0.5) is 0 Å². The highest BCUT2D eigenvalue weighted by Gasteiger charge is 2.26. The third-order valence-corrected chi connectivity index (χ3v) is 7.65. The molecular weight excluding hydrogens is 380 g/mol. The topological polar surface area (TPSA) is 15.7 Å². The van der Waals surface area contributed by atoms with Crippen molar-refractivity contribution in [1.82, 2.24) is 9.80 Å². The van der Waals surface area contributed by atoms with Gasteiger partial charge < -0.3 is 9.64 Å². The van der Waals surface area contributed by atoms with Crippen LogP contribution in [0.1, 0.15) is 62.5 Å². The zero-order chi connectivity index (χ0) is 20.9. The number of ether oxygens (including phenoxy) is 1. The van der Waals surface area contributed by atoms with Gasteiger partial charge in [-0.1, -0.05) is 61.4 Å². The van der Waals surface area contributed by atoms with Crippen LogP contribution in [0.3, 0.4) is 0 Å². The second-order valence-electron chi connectivity index (χ2n) is 9.86. The van der Waals surface area contributed by atoms with Gasteiger partial charge in [0.05, 0.1) is 12.7 Å². The summed E-state index contributed by atoms with van der Waals surface area (Å²) < 4.78 is 6.05. The average Bonchev–Trinajstić information content (AvgIpc) is 3.54. The molecule has 3 aliphatic rings. The maximum Gasteiger partial charge on any atom is 0.0720 e. The SMILES string of the molecule is c1cc(-c2ccc(CN3CCC(N4CCCC4)CC3)cc2)ccc1COC1CCCC1. The van der Waals surface area contributed by atoms with Gasteiger partial charge in [0.25, 0.3) is 0 Å². The number of benzene rings is 2. The minimum absolute atomic E-state index is 0.484. The monoisotopic (exact) mass is 418 g/mol. The van der Waals surface area contributed by atoms with Crippen LogP contribution in [0.15, 0.2) is 48.5 Å². The summed E-state index contributed by atoms with van der Waals surface area (Å²) in [6.45, 7) is 6.99. The Morgan fingerprint density at radius 1 is 0.645 bits per heavy atom. The van der Waals surface area contributed by atoms with Crippen molar-refractivity contribution < 1.29 is 4.74 Å². The van der Waals surface area contributed by atoms with E-state index in [2.05, 4.69) is 58.3 Å². The Kier molecular flexibility index (Phi) is 7.03.